The molecule has 5 nitrogen and oxygen atoms in total. The normalized spacial score (nSPS) is 13.8. The van der Waals surface area contributed by atoms with Crippen LogP contribution in [0, 0.1) is 5.92 Å². The standard InChI is InChI=1S/C23H26N2O3S/c26-22(27)6-3-14-25(16-18-7-8-18)15-13-17-9-11-19(12-10-17)28-23-24-20-4-1-2-5-21(20)29-23/h1-2,4-5,9-12,18H,3,6-8,13-16H2,(H,26,27). The highest BCUT2D eigenvalue weighted by atomic mass is 32.1. The Balaban J connectivity index is 1.30. The van der Waals surface area contributed by atoms with Gasteiger partial charge in [-0.05, 0) is 68.0 Å². The Morgan fingerprint density at radius 1 is 1.14 bits per heavy atom. The van der Waals surface area contributed by atoms with Crippen molar-refractivity contribution in [2.24, 2.45) is 5.92 Å². The van der Waals surface area contributed by atoms with E-state index in [9.17, 15) is 4.79 Å². The number of benzene rings is 2. The first-order chi connectivity index (χ1) is 14.2. The smallest absolute Gasteiger partial charge is 0.303 e. The second kappa shape index (κ2) is 9.37. The summed E-state index contributed by atoms with van der Waals surface area (Å²) in [4.78, 5) is 17.7. The Morgan fingerprint density at radius 2 is 1.93 bits per heavy atom. The van der Waals surface area contributed by atoms with Crippen LogP contribution in [0.4, 0.5) is 0 Å². The number of carboxylic acids is 1. The zero-order valence-electron chi connectivity index (χ0n) is 16.4. The van der Waals surface area contributed by atoms with Gasteiger partial charge >= 0.3 is 5.97 Å². The summed E-state index contributed by atoms with van der Waals surface area (Å²) in [7, 11) is 0. The van der Waals surface area contributed by atoms with Crippen LogP contribution in [0.1, 0.15) is 31.2 Å². The summed E-state index contributed by atoms with van der Waals surface area (Å²) in [6.07, 6.45) is 4.55. The number of ether oxygens (including phenoxy) is 1. The highest BCUT2D eigenvalue weighted by Crippen LogP contribution is 2.31. The second-order valence-corrected chi connectivity index (χ2v) is 8.68. The van der Waals surface area contributed by atoms with Gasteiger partial charge in [0.1, 0.15) is 5.75 Å². The number of aliphatic carboxylic acids is 1. The van der Waals surface area contributed by atoms with Crippen molar-refractivity contribution in [2.45, 2.75) is 32.1 Å². The van der Waals surface area contributed by atoms with E-state index in [-0.39, 0.29) is 6.42 Å². The van der Waals surface area contributed by atoms with E-state index in [0.717, 1.165) is 54.4 Å². The van der Waals surface area contributed by atoms with Crippen LogP contribution in [0.3, 0.4) is 0 Å². The maximum atomic E-state index is 10.8. The number of rotatable bonds is 11. The molecule has 3 aromatic rings. The first-order valence-corrected chi connectivity index (χ1v) is 11.0. The molecule has 0 aliphatic heterocycles. The minimum atomic E-state index is -0.708. The second-order valence-electron chi connectivity index (χ2n) is 7.68. The van der Waals surface area contributed by atoms with Gasteiger partial charge in [-0.2, -0.15) is 0 Å². The Labute approximate surface area is 175 Å². The van der Waals surface area contributed by atoms with Crippen molar-refractivity contribution in [3.05, 3.63) is 54.1 Å². The molecule has 1 saturated carbocycles. The lowest BCUT2D eigenvalue weighted by molar-refractivity contribution is -0.137. The van der Waals surface area contributed by atoms with Crippen LogP contribution in [0.15, 0.2) is 48.5 Å². The molecule has 6 heteroatoms. The topological polar surface area (TPSA) is 62.7 Å². The zero-order valence-corrected chi connectivity index (χ0v) is 17.2. The minimum Gasteiger partial charge on any atom is -0.481 e. The van der Waals surface area contributed by atoms with Crippen molar-refractivity contribution in [3.63, 3.8) is 0 Å². The minimum absolute atomic E-state index is 0.249. The molecule has 2 aromatic carbocycles. The van der Waals surface area contributed by atoms with Gasteiger partial charge in [-0.1, -0.05) is 35.6 Å². The molecule has 1 heterocycles. The number of hydrogen-bond donors (Lipinski definition) is 1. The molecule has 1 aromatic heterocycles. The van der Waals surface area contributed by atoms with Gasteiger partial charge in [0, 0.05) is 19.5 Å². The fraction of sp³-hybridized carbons (Fsp3) is 0.391. The third kappa shape index (κ3) is 6.02. The average Bonchev–Trinajstić information content (AvgIpc) is 3.43. The van der Waals surface area contributed by atoms with E-state index in [1.165, 1.54) is 18.4 Å². The molecule has 0 unspecified atom stereocenters. The molecule has 1 fully saturated rings. The summed E-state index contributed by atoms with van der Waals surface area (Å²) in [5.41, 5.74) is 2.23. The molecular formula is C23H26N2O3S. The molecule has 1 N–H and O–H groups in total. The van der Waals surface area contributed by atoms with Gasteiger partial charge in [-0.15, -0.1) is 0 Å². The maximum absolute atomic E-state index is 10.8. The number of carboxylic acid groups (broad SMARTS) is 1. The summed E-state index contributed by atoms with van der Waals surface area (Å²) in [5.74, 6) is 0.897. The van der Waals surface area contributed by atoms with Crippen LogP contribution >= 0.6 is 11.3 Å². The number of aromatic nitrogens is 1. The highest BCUT2D eigenvalue weighted by molar-refractivity contribution is 7.20. The van der Waals surface area contributed by atoms with Crippen LogP contribution in [0.25, 0.3) is 10.2 Å². The first kappa shape index (κ1) is 19.9. The van der Waals surface area contributed by atoms with E-state index in [1.54, 1.807) is 11.3 Å². The maximum Gasteiger partial charge on any atom is 0.303 e. The Hall–Kier alpha value is -2.44. The molecule has 1 aliphatic rings. The number of nitrogens with zero attached hydrogens (tertiary/aromatic N) is 2. The number of para-hydroxylation sites is 1. The van der Waals surface area contributed by atoms with Crippen LogP contribution in [0.2, 0.25) is 0 Å². The molecule has 1 aliphatic carbocycles. The summed E-state index contributed by atoms with van der Waals surface area (Å²) in [6, 6.07) is 16.2. The lowest BCUT2D eigenvalue weighted by Gasteiger charge is -2.22. The Bertz CT molecular complexity index is 917. The van der Waals surface area contributed by atoms with Gasteiger partial charge in [0.15, 0.2) is 0 Å². The van der Waals surface area contributed by atoms with Gasteiger partial charge in [-0.3, -0.25) is 4.79 Å². The van der Waals surface area contributed by atoms with E-state index in [4.69, 9.17) is 9.84 Å². The van der Waals surface area contributed by atoms with E-state index in [0.29, 0.717) is 5.19 Å². The number of fused-ring (bicyclic) bond motifs is 1. The third-order valence-corrected chi connectivity index (χ3v) is 6.11. The van der Waals surface area contributed by atoms with Crippen molar-refractivity contribution in [2.75, 3.05) is 19.6 Å². The Kier molecular flexibility index (Phi) is 6.42. The highest BCUT2D eigenvalue weighted by Gasteiger charge is 2.24. The molecule has 0 spiro atoms. The van der Waals surface area contributed by atoms with E-state index >= 15 is 0 Å². The van der Waals surface area contributed by atoms with Crippen LogP contribution in [0.5, 0.6) is 10.9 Å². The van der Waals surface area contributed by atoms with E-state index in [2.05, 4.69) is 22.0 Å². The molecule has 0 saturated heterocycles. The van der Waals surface area contributed by atoms with Gasteiger partial charge < -0.3 is 14.7 Å². The summed E-state index contributed by atoms with van der Waals surface area (Å²) < 4.78 is 7.04. The lowest BCUT2D eigenvalue weighted by Crippen LogP contribution is -2.29. The van der Waals surface area contributed by atoms with Crippen molar-refractivity contribution in [1.29, 1.82) is 0 Å². The van der Waals surface area contributed by atoms with Crippen molar-refractivity contribution >= 4 is 27.5 Å². The van der Waals surface area contributed by atoms with Crippen LogP contribution in [-0.4, -0.2) is 40.6 Å². The van der Waals surface area contributed by atoms with Gasteiger partial charge in [0.25, 0.3) is 5.19 Å². The van der Waals surface area contributed by atoms with Gasteiger partial charge in [0.2, 0.25) is 0 Å². The quantitative estimate of drug-likeness (QED) is 0.470. The molecule has 29 heavy (non-hydrogen) atoms. The summed E-state index contributed by atoms with van der Waals surface area (Å²) >= 11 is 1.55. The predicted octanol–water partition coefficient (Wildman–Crippen LogP) is 5.21. The third-order valence-electron chi connectivity index (χ3n) is 5.20. The van der Waals surface area contributed by atoms with E-state index in [1.807, 2.05) is 36.4 Å². The molecular weight excluding hydrogens is 384 g/mol. The molecule has 0 bridgehead atoms. The fourth-order valence-electron chi connectivity index (χ4n) is 3.42. The summed E-state index contributed by atoms with van der Waals surface area (Å²) in [6.45, 7) is 2.92. The molecule has 4 rings (SSSR count). The molecule has 0 atom stereocenters. The largest absolute Gasteiger partial charge is 0.481 e. The monoisotopic (exact) mass is 410 g/mol. The van der Waals surface area contributed by atoms with Gasteiger partial charge in [0.05, 0.1) is 10.2 Å². The molecule has 0 radical (unpaired) electrons. The predicted molar refractivity (Wildman–Crippen MR) is 116 cm³/mol. The van der Waals surface area contributed by atoms with Gasteiger partial charge in [-0.25, -0.2) is 4.98 Å². The fourth-order valence-corrected chi connectivity index (χ4v) is 4.26. The number of hydrogen-bond acceptors (Lipinski definition) is 5. The number of thiazole rings is 1. The van der Waals surface area contributed by atoms with Crippen LogP contribution in [-0.2, 0) is 11.2 Å². The summed E-state index contributed by atoms with van der Waals surface area (Å²) in [5, 5.41) is 9.53. The Morgan fingerprint density at radius 3 is 2.66 bits per heavy atom. The van der Waals surface area contributed by atoms with Crippen LogP contribution < -0.4 is 4.74 Å². The van der Waals surface area contributed by atoms with Crippen molar-refractivity contribution in [1.82, 2.24) is 9.88 Å². The SMILES string of the molecule is O=C(O)CCCN(CCc1ccc(Oc2nc3ccccc3s2)cc1)CC1CC1. The van der Waals surface area contributed by atoms with E-state index < -0.39 is 5.97 Å². The van der Waals surface area contributed by atoms with Crippen molar-refractivity contribution < 1.29 is 14.6 Å². The first-order valence-electron chi connectivity index (χ1n) is 10.2. The molecule has 0 amide bonds. The average molecular weight is 411 g/mol. The molecule has 152 valence electrons. The zero-order chi connectivity index (χ0) is 20.1. The lowest BCUT2D eigenvalue weighted by atomic mass is 10.1. The van der Waals surface area contributed by atoms with Crippen molar-refractivity contribution in [3.8, 4) is 10.9 Å². The number of carbonyl (C=O) groups is 1.